The monoisotopic (exact) mass is 485 g/mol. The lowest BCUT2D eigenvalue weighted by Crippen LogP contribution is -2.15. The van der Waals surface area contributed by atoms with Crippen molar-refractivity contribution in [3.05, 3.63) is 56.8 Å². The lowest BCUT2D eigenvalue weighted by atomic mass is 10.1. The minimum atomic E-state index is -0.362. The van der Waals surface area contributed by atoms with Gasteiger partial charge in [-0.2, -0.15) is 0 Å². The fourth-order valence-corrected chi connectivity index (χ4v) is 3.65. The van der Waals surface area contributed by atoms with Crippen LogP contribution in [0.3, 0.4) is 0 Å². The first-order chi connectivity index (χ1) is 14.0. The Kier molecular flexibility index (Phi) is 10.8. The van der Waals surface area contributed by atoms with E-state index in [0.717, 1.165) is 28.7 Å². The van der Waals surface area contributed by atoms with Crippen LogP contribution in [0.15, 0.2) is 34.8 Å². The van der Waals surface area contributed by atoms with E-state index in [1.165, 1.54) is 44.2 Å². The van der Waals surface area contributed by atoms with Gasteiger partial charge in [-0.1, -0.05) is 66.2 Å². The zero-order valence-electron chi connectivity index (χ0n) is 17.2. The third kappa shape index (κ3) is 8.15. The summed E-state index contributed by atoms with van der Waals surface area (Å²) in [4.78, 5) is 0. The van der Waals surface area contributed by atoms with E-state index in [2.05, 4.69) is 28.2 Å². The van der Waals surface area contributed by atoms with Gasteiger partial charge in [-0.25, -0.2) is 4.39 Å². The third-order valence-electron chi connectivity index (χ3n) is 4.58. The molecule has 2 rings (SSSR count). The highest BCUT2D eigenvalue weighted by Gasteiger charge is 2.12. The molecule has 1 N–H and O–H groups in total. The quantitative estimate of drug-likeness (QED) is 0.302. The topological polar surface area (TPSA) is 30.5 Å². The van der Waals surface area contributed by atoms with Crippen LogP contribution >= 0.6 is 27.5 Å². The maximum atomic E-state index is 13.2. The molecule has 0 fully saturated rings. The van der Waals surface area contributed by atoms with Crippen LogP contribution in [0.1, 0.15) is 57.1 Å². The van der Waals surface area contributed by atoms with Crippen molar-refractivity contribution in [2.45, 2.75) is 59.1 Å². The molecule has 2 aromatic rings. The van der Waals surface area contributed by atoms with E-state index in [-0.39, 0.29) is 12.4 Å². The van der Waals surface area contributed by atoms with Crippen molar-refractivity contribution in [3.63, 3.8) is 0 Å². The Morgan fingerprint density at radius 2 is 1.72 bits per heavy atom. The normalized spacial score (nSPS) is 10.9. The highest BCUT2D eigenvalue weighted by molar-refractivity contribution is 9.10. The van der Waals surface area contributed by atoms with Crippen molar-refractivity contribution in [1.82, 2.24) is 5.32 Å². The van der Waals surface area contributed by atoms with E-state index in [0.29, 0.717) is 23.1 Å². The van der Waals surface area contributed by atoms with Crippen molar-refractivity contribution in [3.8, 4) is 11.5 Å². The van der Waals surface area contributed by atoms with Gasteiger partial charge in [-0.3, -0.25) is 0 Å². The highest BCUT2D eigenvalue weighted by Crippen LogP contribution is 2.35. The van der Waals surface area contributed by atoms with E-state index >= 15 is 0 Å². The number of benzene rings is 2. The average Bonchev–Trinajstić information content (AvgIpc) is 2.69. The molecule has 3 nitrogen and oxygen atoms in total. The van der Waals surface area contributed by atoms with Gasteiger partial charge in [-0.05, 0) is 49.7 Å². The Balaban J connectivity index is 1.97. The SMILES string of the molecule is CCCCCCCNCc1cc(OCC)c(OCc2ccc(F)cc2Cl)cc1Br. The lowest BCUT2D eigenvalue weighted by molar-refractivity contribution is 0.268. The summed E-state index contributed by atoms with van der Waals surface area (Å²) in [6, 6.07) is 8.21. The molecule has 29 heavy (non-hydrogen) atoms. The predicted octanol–water partition coefficient (Wildman–Crippen LogP) is 7.28. The van der Waals surface area contributed by atoms with Gasteiger partial charge in [0.05, 0.1) is 11.6 Å². The number of unbranched alkanes of at least 4 members (excludes halogenated alkanes) is 4. The van der Waals surface area contributed by atoms with Crippen molar-refractivity contribution in [1.29, 1.82) is 0 Å². The van der Waals surface area contributed by atoms with Gasteiger partial charge in [-0.15, -0.1) is 0 Å². The molecule has 0 bridgehead atoms. The Hall–Kier alpha value is -1.30. The van der Waals surface area contributed by atoms with E-state index in [1.807, 2.05) is 19.1 Å². The molecule has 0 aliphatic heterocycles. The largest absolute Gasteiger partial charge is 0.490 e. The van der Waals surface area contributed by atoms with Gasteiger partial charge in [0.2, 0.25) is 0 Å². The van der Waals surface area contributed by atoms with Crippen molar-refractivity contribution < 1.29 is 13.9 Å². The Morgan fingerprint density at radius 1 is 0.966 bits per heavy atom. The van der Waals surface area contributed by atoms with E-state index in [4.69, 9.17) is 21.1 Å². The van der Waals surface area contributed by atoms with Crippen molar-refractivity contribution in [2.24, 2.45) is 0 Å². The van der Waals surface area contributed by atoms with Crippen LogP contribution in [-0.2, 0) is 13.2 Å². The number of halogens is 3. The number of ether oxygens (including phenoxy) is 2. The van der Waals surface area contributed by atoms with E-state index in [9.17, 15) is 4.39 Å². The molecule has 0 atom stereocenters. The number of nitrogens with one attached hydrogen (secondary N) is 1. The van der Waals surface area contributed by atoms with Gasteiger partial charge < -0.3 is 14.8 Å². The average molecular weight is 487 g/mol. The number of hydrogen-bond acceptors (Lipinski definition) is 3. The van der Waals surface area contributed by atoms with Crippen LogP contribution in [-0.4, -0.2) is 13.2 Å². The second kappa shape index (κ2) is 13.1. The molecule has 0 spiro atoms. The summed E-state index contributed by atoms with van der Waals surface area (Å²) in [6.07, 6.45) is 6.34. The Labute approximate surface area is 187 Å². The molecule has 0 aliphatic rings. The predicted molar refractivity (Wildman–Crippen MR) is 122 cm³/mol. The summed E-state index contributed by atoms with van der Waals surface area (Å²) in [5, 5.41) is 3.85. The second-order valence-corrected chi connectivity index (χ2v) is 8.20. The van der Waals surface area contributed by atoms with Gasteiger partial charge in [0.15, 0.2) is 11.5 Å². The molecule has 0 saturated heterocycles. The highest BCUT2D eigenvalue weighted by atomic mass is 79.9. The molecule has 2 aromatic carbocycles. The third-order valence-corrected chi connectivity index (χ3v) is 5.67. The first-order valence-corrected chi connectivity index (χ1v) is 11.4. The van der Waals surface area contributed by atoms with Crippen LogP contribution in [0.4, 0.5) is 4.39 Å². The van der Waals surface area contributed by atoms with Crippen molar-refractivity contribution >= 4 is 27.5 Å². The van der Waals surface area contributed by atoms with Crippen LogP contribution in [0.5, 0.6) is 11.5 Å². The lowest BCUT2D eigenvalue weighted by Gasteiger charge is -2.16. The zero-order chi connectivity index (χ0) is 21.1. The smallest absolute Gasteiger partial charge is 0.162 e. The first kappa shape index (κ1) is 24.0. The van der Waals surface area contributed by atoms with Crippen LogP contribution < -0.4 is 14.8 Å². The van der Waals surface area contributed by atoms with Crippen LogP contribution in [0, 0.1) is 5.82 Å². The van der Waals surface area contributed by atoms with E-state index < -0.39 is 0 Å². The molecule has 0 saturated carbocycles. The minimum Gasteiger partial charge on any atom is -0.490 e. The summed E-state index contributed by atoms with van der Waals surface area (Å²) in [6.45, 7) is 6.71. The molecule has 0 heterocycles. The molecular formula is C23H30BrClFNO2. The van der Waals surface area contributed by atoms with Crippen LogP contribution in [0.25, 0.3) is 0 Å². The number of rotatable bonds is 13. The molecule has 0 amide bonds. The minimum absolute atomic E-state index is 0.237. The Bertz CT molecular complexity index is 773. The summed E-state index contributed by atoms with van der Waals surface area (Å²) >= 11 is 9.73. The zero-order valence-corrected chi connectivity index (χ0v) is 19.5. The maximum Gasteiger partial charge on any atom is 0.162 e. The fraction of sp³-hybridized carbons (Fsp3) is 0.478. The second-order valence-electron chi connectivity index (χ2n) is 6.94. The van der Waals surface area contributed by atoms with Gasteiger partial charge in [0, 0.05) is 16.6 Å². The molecule has 0 aromatic heterocycles. The van der Waals surface area contributed by atoms with Crippen molar-refractivity contribution in [2.75, 3.05) is 13.2 Å². The molecule has 6 heteroatoms. The summed E-state index contributed by atoms with van der Waals surface area (Å²) < 4.78 is 25.9. The maximum absolute atomic E-state index is 13.2. The first-order valence-electron chi connectivity index (χ1n) is 10.3. The summed E-state index contributed by atoms with van der Waals surface area (Å²) in [5.74, 6) is 0.954. The standard InChI is InChI=1S/C23H30BrClFNO2/c1-3-5-6-7-8-11-27-15-18-12-22(28-4-2)23(14-20(18)24)29-16-17-9-10-19(26)13-21(17)25/h9-10,12-14,27H,3-8,11,15-16H2,1-2H3. The van der Waals surface area contributed by atoms with Gasteiger partial charge in [0.25, 0.3) is 0 Å². The number of hydrogen-bond donors (Lipinski definition) is 1. The summed E-state index contributed by atoms with van der Waals surface area (Å²) in [7, 11) is 0. The Morgan fingerprint density at radius 3 is 2.45 bits per heavy atom. The molecule has 160 valence electrons. The molecular weight excluding hydrogens is 457 g/mol. The molecule has 0 aliphatic carbocycles. The molecule has 0 radical (unpaired) electrons. The fourth-order valence-electron chi connectivity index (χ4n) is 2.96. The van der Waals surface area contributed by atoms with Crippen LogP contribution in [0.2, 0.25) is 5.02 Å². The van der Waals surface area contributed by atoms with E-state index in [1.54, 1.807) is 6.07 Å². The molecule has 0 unspecified atom stereocenters. The van der Waals surface area contributed by atoms with Gasteiger partial charge >= 0.3 is 0 Å². The summed E-state index contributed by atoms with van der Waals surface area (Å²) in [5.41, 5.74) is 1.84. The van der Waals surface area contributed by atoms with Gasteiger partial charge in [0.1, 0.15) is 12.4 Å².